The Bertz CT molecular complexity index is 759. The van der Waals surface area contributed by atoms with E-state index in [-0.39, 0.29) is 23.6 Å². The topological polar surface area (TPSA) is 51.1 Å². The Morgan fingerprint density at radius 1 is 1.17 bits per heavy atom. The van der Waals surface area contributed by atoms with E-state index in [1.165, 1.54) is 4.57 Å². The molecule has 1 heterocycles. The number of anilines is 1. The molecule has 2 rings (SSSR count). The van der Waals surface area contributed by atoms with E-state index in [4.69, 9.17) is 34.8 Å². The molecule has 1 aromatic heterocycles. The van der Waals surface area contributed by atoms with Gasteiger partial charge < -0.3 is 9.88 Å². The summed E-state index contributed by atoms with van der Waals surface area (Å²) in [5.41, 5.74) is 0.803. The molecule has 0 spiro atoms. The van der Waals surface area contributed by atoms with Gasteiger partial charge in [-0.2, -0.15) is 0 Å². The summed E-state index contributed by atoms with van der Waals surface area (Å²) in [5.74, 6) is 0.180. The van der Waals surface area contributed by atoms with Crippen molar-refractivity contribution in [3.05, 3.63) is 62.5 Å². The van der Waals surface area contributed by atoms with Crippen LogP contribution in [-0.2, 0) is 11.3 Å². The van der Waals surface area contributed by atoms with Crippen molar-refractivity contribution in [1.82, 2.24) is 4.57 Å². The molecular formula is C16H15Cl3N2O2. The second kappa shape index (κ2) is 8.39. The fourth-order valence-corrected chi connectivity index (χ4v) is 2.49. The SMILES string of the molecule is O=C(CCCCl)Nc1cccn(Cc2ccc(Cl)c(Cl)c2)c1=O. The number of nitrogens with one attached hydrogen (secondary N) is 1. The second-order valence-corrected chi connectivity index (χ2v) is 6.14. The van der Waals surface area contributed by atoms with Gasteiger partial charge in [0.2, 0.25) is 5.91 Å². The van der Waals surface area contributed by atoms with Crippen LogP contribution in [0.15, 0.2) is 41.3 Å². The Hall–Kier alpha value is -1.49. The highest BCUT2D eigenvalue weighted by atomic mass is 35.5. The highest BCUT2D eigenvalue weighted by Crippen LogP contribution is 2.22. The predicted octanol–water partition coefficient (Wildman–Crippen LogP) is 4.16. The molecule has 1 amide bonds. The van der Waals surface area contributed by atoms with Crippen LogP contribution in [0, 0.1) is 0 Å². The van der Waals surface area contributed by atoms with Crippen molar-refractivity contribution in [2.45, 2.75) is 19.4 Å². The van der Waals surface area contributed by atoms with E-state index in [0.29, 0.717) is 28.9 Å². The molecule has 0 radical (unpaired) electrons. The number of rotatable bonds is 6. The number of amides is 1. The molecule has 0 atom stereocenters. The minimum atomic E-state index is -0.280. The van der Waals surface area contributed by atoms with Crippen LogP contribution < -0.4 is 10.9 Å². The zero-order valence-electron chi connectivity index (χ0n) is 12.2. The number of halogens is 3. The lowest BCUT2D eigenvalue weighted by molar-refractivity contribution is -0.116. The first-order valence-electron chi connectivity index (χ1n) is 7.00. The van der Waals surface area contributed by atoms with Gasteiger partial charge in [0.25, 0.3) is 5.56 Å². The van der Waals surface area contributed by atoms with Crippen molar-refractivity contribution in [2.24, 2.45) is 0 Å². The standard InChI is InChI=1S/C16H15Cl3N2O2/c17-7-1-4-15(22)20-14-3-2-8-21(16(14)23)10-11-5-6-12(18)13(19)9-11/h2-3,5-6,8-9H,1,4,7,10H2,(H,20,22). The van der Waals surface area contributed by atoms with E-state index in [0.717, 1.165) is 5.56 Å². The quantitative estimate of drug-likeness (QED) is 0.773. The number of hydrogen-bond acceptors (Lipinski definition) is 2. The summed E-state index contributed by atoms with van der Waals surface area (Å²) in [4.78, 5) is 24.1. The molecule has 122 valence electrons. The van der Waals surface area contributed by atoms with E-state index in [1.807, 2.05) is 0 Å². The van der Waals surface area contributed by atoms with Gasteiger partial charge in [-0.05, 0) is 36.2 Å². The largest absolute Gasteiger partial charge is 0.321 e. The fourth-order valence-electron chi connectivity index (χ4n) is 2.03. The predicted molar refractivity (Wildman–Crippen MR) is 94.8 cm³/mol. The number of aromatic nitrogens is 1. The fraction of sp³-hybridized carbons (Fsp3) is 0.250. The van der Waals surface area contributed by atoms with Gasteiger partial charge in [-0.3, -0.25) is 9.59 Å². The molecule has 0 aliphatic rings. The molecule has 1 aromatic carbocycles. The maximum Gasteiger partial charge on any atom is 0.274 e. The average Bonchev–Trinajstić information content (AvgIpc) is 2.53. The van der Waals surface area contributed by atoms with Crippen LogP contribution in [0.25, 0.3) is 0 Å². The number of alkyl halides is 1. The van der Waals surface area contributed by atoms with Gasteiger partial charge in [-0.25, -0.2) is 0 Å². The summed E-state index contributed by atoms with van der Waals surface area (Å²) < 4.78 is 1.50. The molecule has 0 fully saturated rings. The smallest absolute Gasteiger partial charge is 0.274 e. The van der Waals surface area contributed by atoms with Gasteiger partial charge in [0.1, 0.15) is 5.69 Å². The summed E-state index contributed by atoms with van der Waals surface area (Å²) in [7, 11) is 0. The average molecular weight is 374 g/mol. The van der Waals surface area contributed by atoms with Crippen molar-refractivity contribution in [2.75, 3.05) is 11.2 Å². The Labute approximate surface area is 149 Å². The van der Waals surface area contributed by atoms with Crippen molar-refractivity contribution in [3.63, 3.8) is 0 Å². The summed E-state index contributed by atoms with van der Waals surface area (Å²) in [6, 6.07) is 8.47. The number of benzene rings is 1. The molecule has 23 heavy (non-hydrogen) atoms. The van der Waals surface area contributed by atoms with E-state index in [9.17, 15) is 9.59 Å². The molecule has 2 aromatic rings. The Kier molecular flexibility index (Phi) is 6.51. The Balaban J connectivity index is 2.17. The number of pyridine rings is 1. The summed E-state index contributed by atoms with van der Waals surface area (Å²) >= 11 is 17.4. The van der Waals surface area contributed by atoms with Gasteiger partial charge >= 0.3 is 0 Å². The minimum Gasteiger partial charge on any atom is -0.321 e. The third-order valence-corrected chi connectivity index (χ3v) is 4.17. The molecule has 0 aliphatic heterocycles. The number of carbonyl (C=O) groups excluding carboxylic acids is 1. The first kappa shape index (κ1) is 17.9. The van der Waals surface area contributed by atoms with E-state index >= 15 is 0 Å². The van der Waals surface area contributed by atoms with Crippen LogP contribution in [0.4, 0.5) is 5.69 Å². The molecule has 4 nitrogen and oxygen atoms in total. The zero-order valence-corrected chi connectivity index (χ0v) is 14.5. The lowest BCUT2D eigenvalue weighted by atomic mass is 10.2. The second-order valence-electron chi connectivity index (χ2n) is 4.94. The van der Waals surface area contributed by atoms with Crippen LogP contribution in [0.2, 0.25) is 10.0 Å². The number of nitrogens with zero attached hydrogens (tertiary/aromatic N) is 1. The number of hydrogen-bond donors (Lipinski definition) is 1. The third-order valence-electron chi connectivity index (χ3n) is 3.17. The van der Waals surface area contributed by atoms with E-state index in [1.54, 1.807) is 36.5 Å². The van der Waals surface area contributed by atoms with Crippen molar-refractivity contribution < 1.29 is 4.79 Å². The molecule has 0 unspecified atom stereocenters. The lowest BCUT2D eigenvalue weighted by Gasteiger charge is -2.10. The molecule has 0 saturated heterocycles. The first-order chi connectivity index (χ1) is 11.0. The van der Waals surface area contributed by atoms with Gasteiger partial charge in [0, 0.05) is 18.5 Å². The first-order valence-corrected chi connectivity index (χ1v) is 8.29. The van der Waals surface area contributed by atoms with Gasteiger partial charge in [0.05, 0.1) is 16.6 Å². The van der Waals surface area contributed by atoms with Crippen LogP contribution in [-0.4, -0.2) is 16.4 Å². The Morgan fingerprint density at radius 3 is 2.65 bits per heavy atom. The van der Waals surface area contributed by atoms with Gasteiger partial charge in [-0.15, -0.1) is 11.6 Å². The van der Waals surface area contributed by atoms with Crippen LogP contribution in [0.5, 0.6) is 0 Å². The molecule has 0 aliphatic carbocycles. The highest BCUT2D eigenvalue weighted by molar-refractivity contribution is 6.42. The molecule has 0 saturated carbocycles. The number of carbonyl (C=O) groups is 1. The minimum absolute atomic E-state index is 0.227. The van der Waals surface area contributed by atoms with Crippen LogP contribution >= 0.6 is 34.8 Å². The van der Waals surface area contributed by atoms with Crippen molar-refractivity contribution in [3.8, 4) is 0 Å². The van der Waals surface area contributed by atoms with Crippen LogP contribution in [0.1, 0.15) is 18.4 Å². The lowest BCUT2D eigenvalue weighted by Crippen LogP contribution is -2.25. The normalized spacial score (nSPS) is 10.6. The molecule has 0 bridgehead atoms. The maximum atomic E-state index is 12.4. The summed E-state index contributed by atoms with van der Waals surface area (Å²) in [5, 5.41) is 3.51. The molecule has 7 heteroatoms. The van der Waals surface area contributed by atoms with Crippen molar-refractivity contribution >= 4 is 46.4 Å². The third kappa shape index (κ3) is 4.99. The van der Waals surface area contributed by atoms with Gasteiger partial charge in [-0.1, -0.05) is 29.3 Å². The molecule has 1 N–H and O–H groups in total. The Morgan fingerprint density at radius 2 is 1.96 bits per heavy atom. The van der Waals surface area contributed by atoms with Crippen LogP contribution in [0.3, 0.4) is 0 Å². The van der Waals surface area contributed by atoms with Crippen molar-refractivity contribution in [1.29, 1.82) is 0 Å². The summed E-state index contributed by atoms with van der Waals surface area (Å²) in [6.45, 7) is 0.334. The molecular weight excluding hydrogens is 359 g/mol. The van der Waals surface area contributed by atoms with E-state index < -0.39 is 0 Å². The maximum absolute atomic E-state index is 12.4. The highest BCUT2D eigenvalue weighted by Gasteiger charge is 2.08. The summed E-state index contributed by atoms with van der Waals surface area (Å²) in [6.07, 6.45) is 2.50. The van der Waals surface area contributed by atoms with Gasteiger partial charge in [0.15, 0.2) is 0 Å². The zero-order chi connectivity index (χ0) is 16.8. The van der Waals surface area contributed by atoms with E-state index in [2.05, 4.69) is 5.32 Å². The monoisotopic (exact) mass is 372 g/mol.